The number of carboxylic acids is 1. The summed E-state index contributed by atoms with van der Waals surface area (Å²) < 4.78 is 0. The number of carboxylic acid groups (broad SMARTS) is 1. The molecule has 0 atom stereocenters. The van der Waals surface area contributed by atoms with Crippen molar-refractivity contribution in [3.8, 4) is 0 Å². The molecule has 0 radical (unpaired) electrons. The van der Waals surface area contributed by atoms with Crippen LogP contribution in [-0.2, 0) is 4.79 Å². The molecule has 1 N–H and O–H groups in total. The molecule has 0 bridgehead atoms. The summed E-state index contributed by atoms with van der Waals surface area (Å²) >= 11 is 0. The van der Waals surface area contributed by atoms with Crippen molar-refractivity contribution >= 4 is 11.8 Å². The van der Waals surface area contributed by atoms with Crippen molar-refractivity contribution in [2.24, 2.45) is 0 Å². The van der Waals surface area contributed by atoms with Crippen LogP contribution in [0.4, 0.5) is 5.82 Å². The lowest BCUT2D eigenvalue weighted by molar-refractivity contribution is -0.138. The summed E-state index contributed by atoms with van der Waals surface area (Å²) in [4.78, 5) is 23.8. The van der Waals surface area contributed by atoms with Crippen molar-refractivity contribution in [1.82, 2.24) is 14.9 Å². The van der Waals surface area contributed by atoms with Gasteiger partial charge in [-0.25, -0.2) is 4.98 Å². The first-order valence-electron chi connectivity index (χ1n) is 6.55. The zero-order valence-corrected chi connectivity index (χ0v) is 11.5. The van der Waals surface area contributed by atoms with E-state index in [4.69, 9.17) is 5.11 Å². The molecule has 1 aromatic rings. The highest BCUT2D eigenvalue weighted by Crippen LogP contribution is 2.17. The third-order valence-electron chi connectivity index (χ3n) is 3.30. The van der Waals surface area contributed by atoms with Gasteiger partial charge in [-0.1, -0.05) is 0 Å². The van der Waals surface area contributed by atoms with Gasteiger partial charge in [0.1, 0.15) is 5.82 Å². The molecule has 104 valence electrons. The average Bonchev–Trinajstić information content (AvgIpc) is 2.57. The first kappa shape index (κ1) is 13.7. The van der Waals surface area contributed by atoms with E-state index >= 15 is 0 Å². The van der Waals surface area contributed by atoms with E-state index in [1.165, 1.54) is 0 Å². The van der Waals surface area contributed by atoms with Crippen LogP contribution in [-0.4, -0.2) is 58.7 Å². The second-order valence-corrected chi connectivity index (χ2v) is 4.93. The second kappa shape index (κ2) is 5.97. The van der Waals surface area contributed by atoms with Gasteiger partial charge in [0.15, 0.2) is 0 Å². The maximum absolute atomic E-state index is 10.8. The van der Waals surface area contributed by atoms with Crippen LogP contribution in [0.1, 0.15) is 17.8 Å². The molecule has 1 aromatic heterocycles. The normalized spacial score (nSPS) is 17.3. The van der Waals surface area contributed by atoms with Gasteiger partial charge in [0, 0.05) is 32.4 Å². The van der Waals surface area contributed by atoms with Gasteiger partial charge in [-0.3, -0.25) is 14.7 Å². The number of aromatic nitrogens is 2. The number of aliphatic carboxylic acids is 1. The Morgan fingerprint density at radius 3 is 2.84 bits per heavy atom. The number of hydrogen-bond donors (Lipinski definition) is 1. The molecule has 6 nitrogen and oxygen atoms in total. The number of carbonyl (C=O) groups is 1. The summed E-state index contributed by atoms with van der Waals surface area (Å²) in [5.74, 6) is 0.164. The molecule has 2 heterocycles. The van der Waals surface area contributed by atoms with Crippen molar-refractivity contribution in [1.29, 1.82) is 0 Å². The first-order chi connectivity index (χ1) is 9.06. The summed E-state index contributed by atoms with van der Waals surface area (Å²) in [5, 5.41) is 8.84. The van der Waals surface area contributed by atoms with Crippen LogP contribution >= 0.6 is 0 Å². The van der Waals surface area contributed by atoms with E-state index < -0.39 is 5.97 Å². The molecular weight excluding hydrogens is 244 g/mol. The van der Waals surface area contributed by atoms with Gasteiger partial charge in [0.2, 0.25) is 0 Å². The molecule has 0 aromatic carbocycles. The standard InChI is InChI=1S/C13H20N4O2/c1-10-8-14-11(2)13(15-10)17-5-3-4-16(6-7-17)9-12(18)19/h8H,3-7,9H2,1-2H3,(H,18,19). The molecule has 0 saturated carbocycles. The maximum atomic E-state index is 10.8. The minimum atomic E-state index is -0.764. The summed E-state index contributed by atoms with van der Waals surface area (Å²) in [6.45, 7) is 7.28. The molecule has 1 aliphatic heterocycles. The van der Waals surface area contributed by atoms with Crippen molar-refractivity contribution < 1.29 is 9.90 Å². The zero-order valence-electron chi connectivity index (χ0n) is 11.5. The van der Waals surface area contributed by atoms with E-state index in [0.717, 1.165) is 49.8 Å². The Morgan fingerprint density at radius 2 is 2.11 bits per heavy atom. The van der Waals surface area contributed by atoms with Crippen molar-refractivity contribution in [2.45, 2.75) is 20.3 Å². The van der Waals surface area contributed by atoms with E-state index in [1.807, 2.05) is 18.7 Å². The van der Waals surface area contributed by atoms with Gasteiger partial charge < -0.3 is 10.0 Å². The minimum absolute atomic E-state index is 0.117. The number of hydrogen-bond acceptors (Lipinski definition) is 5. The van der Waals surface area contributed by atoms with Crippen LogP contribution in [0.15, 0.2) is 6.20 Å². The van der Waals surface area contributed by atoms with Crippen LogP contribution < -0.4 is 4.90 Å². The third-order valence-corrected chi connectivity index (χ3v) is 3.30. The topological polar surface area (TPSA) is 69.6 Å². The van der Waals surface area contributed by atoms with Crippen LogP contribution in [0.5, 0.6) is 0 Å². The van der Waals surface area contributed by atoms with E-state index in [1.54, 1.807) is 6.20 Å². The Balaban J connectivity index is 2.06. The molecule has 2 rings (SSSR count). The number of aryl methyl sites for hydroxylation is 2. The van der Waals surface area contributed by atoms with E-state index in [-0.39, 0.29) is 6.54 Å². The lowest BCUT2D eigenvalue weighted by atomic mass is 10.3. The average molecular weight is 264 g/mol. The van der Waals surface area contributed by atoms with Gasteiger partial charge in [0.25, 0.3) is 0 Å². The van der Waals surface area contributed by atoms with Gasteiger partial charge in [-0.2, -0.15) is 0 Å². The smallest absolute Gasteiger partial charge is 0.317 e. The van der Waals surface area contributed by atoms with Gasteiger partial charge >= 0.3 is 5.97 Å². The highest BCUT2D eigenvalue weighted by Gasteiger charge is 2.19. The van der Waals surface area contributed by atoms with Crippen LogP contribution in [0, 0.1) is 13.8 Å². The Hall–Kier alpha value is -1.69. The summed E-state index contributed by atoms with van der Waals surface area (Å²) in [5.41, 5.74) is 1.84. The molecule has 19 heavy (non-hydrogen) atoms. The molecule has 0 unspecified atom stereocenters. The van der Waals surface area contributed by atoms with Gasteiger partial charge in [0.05, 0.1) is 17.9 Å². The summed E-state index contributed by atoms with van der Waals surface area (Å²) in [6.07, 6.45) is 2.72. The van der Waals surface area contributed by atoms with E-state index in [9.17, 15) is 4.79 Å². The molecule has 6 heteroatoms. The van der Waals surface area contributed by atoms with Gasteiger partial charge in [-0.05, 0) is 20.3 Å². The molecule has 0 spiro atoms. The molecule has 1 aliphatic rings. The quantitative estimate of drug-likeness (QED) is 0.866. The third kappa shape index (κ3) is 3.64. The SMILES string of the molecule is Cc1cnc(C)c(N2CCCN(CC(=O)O)CC2)n1. The predicted molar refractivity (Wildman–Crippen MR) is 72.4 cm³/mol. The fraction of sp³-hybridized carbons (Fsp3) is 0.615. The Morgan fingerprint density at radius 1 is 1.32 bits per heavy atom. The Bertz CT molecular complexity index is 464. The van der Waals surface area contributed by atoms with Crippen LogP contribution in [0.3, 0.4) is 0 Å². The molecule has 0 aliphatic carbocycles. The monoisotopic (exact) mass is 264 g/mol. The fourth-order valence-electron chi connectivity index (χ4n) is 2.36. The van der Waals surface area contributed by atoms with Crippen molar-refractivity contribution in [3.05, 3.63) is 17.6 Å². The van der Waals surface area contributed by atoms with Crippen molar-refractivity contribution in [2.75, 3.05) is 37.6 Å². The Labute approximate surface area is 113 Å². The highest BCUT2D eigenvalue weighted by atomic mass is 16.4. The molecule has 1 fully saturated rings. The molecular formula is C13H20N4O2. The number of nitrogens with zero attached hydrogens (tertiary/aromatic N) is 4. The van der Waals surface area contributed by atoms with E-state index in [2.05, 4.69) is 14.9 Å². The first-order valence-corrected chi connectivity index (χ1v) is 6.55. The number of rotatable bonds is 3. The fourth-order valence-corrected chi connectivity index (χ4v) is 2.36. The molecule has 1 saturated heterocycles. The number of anilines is 1. The van der Waals surface area contributed by atoms with Crippen molar-refractivity contribution in [3.63, 3.8) is 0 Å². The largest absolute Gasteiger partial charge is 0.480 e. The zero-order chi connectivity index (χ0) is 13.8. The van der Waals surface area contributed by atoms with Crippen LogP contribution in [0.2, 0.25) is 0 Å². The lowest BCUT2D eigenvalue weighted by Gasteiger charge is -2.23. The maximum Gasteiger partial charge on any atom is 0.317 e. The minimum Gasteiger partial charge on any atom is -0.480 e. The second-order valence-electron chi connectivity index (χ2n) is 4.93. The summed E-state index contributed by atoms with van der Waals surface area (Å²) in [6, 6.07) is 0. The van der Waals surface area contributed by atoms with Gasteiger partial charge in [-0.15, -0.1) is 0 Å². The lowest BCUT2D eigenvalue weighted by Crippen LogP contribution is -2.34. The highest BCUT2D eigenvalue weighted by molar-refractivity contribution is 5.69. The molecule has 0 amide bonds. The predicted octanol–water partition coefficient (Wildman–Crippen LogP) is 0.690. The van der Waals surface area contributed by atoms with E-state index in [0.29, 0.717) is 0 Å². The summed E-state index contributed by atoms with van der Waals surface area (Å²) in [7, 11) is 0. The Kier molecular flexibility index (Phi) is 4.31. The van der Waals surface area contributed by atoms with Crippen LogP contribution in [0.25, 0.3) is 0 Å².